The Balaban J connectivity index is 2.58. The highest BCUT2D eigenvalue weighted by Gasteiger charge is 2.33. The van der Waals surface area contributed by atoms with Crippen LogP contribution in [0, 0.1) is 0 Å². The predicted molar refractivity (Wildman–Crippen MR) is 106 cm³/mol. The number of rotatable bonds is 8. The summed E-state index contributed by atoms with van der Waals surface area (Å²) in [5.41, 5.74) is 1.69. The first-order chi connectivity index (χ1) is 12.0. The largest absolute Gasteiger partial charge is 0.508 e. The van der Waals surface area contributed by atoms with Gasteiger partial charge in [-0.2, -0.15) is 0 Å². The molecule has 0 aliphatic rings. The van der Waals surface area contributed by atoms with Crippen molar-refractivity contribution in [1.29, 1.82) is 0 Å². The maximum atomic E-state index is 12.0. The van der Waals surface area contributed by atoms with Crippen LogP contribution in [0.2, 0.25) is 0 Å². The molecule has 4 heteroatoms. The zero-order chi connectivity index (χ0) is 18.4. The molecule has 0 bridgehead atoms. The van der Waals surface area contributed by atoms with Crippen LogP contribution in [0.5, 0.6) is 11.5 Å². The van der Waals surface area contributed by atoms with Crippen LogP contribution in [0.3, 0.4) is 0 Å². The summed E-state index contributed by atoms with van der Waals surface area (Å²) < 4.78 is 5.38. The van der Waals surface area contributed by atoms with E-state index in [-0.39, 0.29) is 10.9 Å². The quantitative estimate of drug-likeness (QED) is 0.533. The molecule has 0 fully saturated rings. The fourth-order valence-corrected chi connectivity index (χ4v) is 5.31. The second-order valence-corrected chi connectivity index (χ2v) is 8.04. The SMILES string of the molecule is CCCC(CC)(Pc1ccccc1C(C)=O)c1cc(OC)ccc1O. The average Bonchev–Trinajstić information content (AvgIpc) is 2.62. The molecular weight excluding hydrogens is 331 g/mol. The number of carbonyl (C=O) groups is 1. The fraction of sp³-hybridized carbons (Fsp3) is 0.381. The molecule has 2 aromatic carbocycles. The van der Waals surface area contributed by atoms with Gasteiger partial charge in [-0.15, -0.1) is 0 Å². The second kappa shape index (κ2) is 8.49. The van der Waals surface area contributed by atoms with Gasteiger partial charge in [0, 0.05) is 16.3 Å². The van der Waals surface area contributed by atoms with Crippen molar-refractivity contribution in [3.63, 3.8) is 0 Å². The van der Waals surface area contributed by atoms with Gasteiger partial charge in [-0.05, 0) is 43.3 Å². The molecule has 0 radical (unpaired) electrons. The molecule has 1 N–H and O–H groups in total. The minimum Gasteiger partial charge on any atom is -0.508 e. The highest BCUT2D eigenvalue weighted by atomic mass is 31.1. The normalized spacial score (nSPS) is 13.8. The van der Waals surface area contributed by atoms with E-state index >= 15 is 0 Å². The molecule has 0 saturated carbocycles. The minimum atomic E-state index is -0.209. The lowest BCUT2D eigenvalue weighted by Crippen LogP contribution is -2.24. The molecule has 2 unspecified atom stereocenters. The molecule has 2 rings (SSSR count). The van der Waals surface area contributed by atoms with E-state index in [1.54, 1.807) is 26.2 Å². The van der Waals surface area contributed by atoms with Crippen molar-refractivity contribution in [3.8, 4) is 11.5 Å². The summed E-state index contributed by atoms with van der Waals surface area (Å²) in [5.74, 6) is 1.12. The number of ether oxygens (including phenoxy) is 1. The smallest absolute Gasteiger partial charge is 0.160 e. The lowest BCUT2D eigenvalue weighted by molar-refractivity contribution is 0.101. The summed E-state index contributed by atoms with van der Waals surface area (Å²) in [6.07, 6.45) is 2.82. The van der Waals surface area contributed by atoms with Crippen LogP contribution in [-0.2, 0) is 5.16 Å². The molecule has 0 spiro atoms. The summed E-state index contributed by atoms with van der Waals surface area (Å²) in [4.78, 5) is 12.0. The van der Waals surface area contributed by atoms with E-state index in [0.717, 1.165) is 41.4 Å². The standard InChI is InChI=1S/C21H27O3P/c1-5-13-21(6-2,18-14-16(24-4)11-12-19(18)23)25-20-10-8-7-9-17(20)15(3)22/h7-12,14,23,25H,5-6,13H2,1-4H3. The highest BCUT2D eigenvalue weighted by molar-refractivity contribution is 7.48. The van der Waals surface area contributed by atoms with Gasteiger partial charge in [-0.25, -0.2) is 0 Å². The van der Waals surface area contributed by atoms with Gasteiger partial charge in [-0.1, -0.05) is 53.1 Å². The summed E-state index contributed by atoms with van der Waals surface area (Å²) >= 11 is 0. The van der Waals surface area contributed by atoms with E-state index in [0.29, 0.717) is 14.3 Å². The Labute approximate surface area is 152 Å². The van der Waals surface area contributed by atoms with E-state index in [9.17, 15) is 9.90 Å². The first kappa shape index (κ1) is 19.5. The molecule has 0 aliphatic heterocycles. The van der Waals surface area contributed by atoms with E-state index in [1.807, 2.05) is 30.3 Å². The molecule has 0 saturated heterocycles. The topological polar surface area (TPSA) is 46.5 Å². The maximum Gasteiger partial charge on any atom is 0.160 e. The van der Waals surface area contributed by atoms with Crippen molar-refractivity contribution < 1.29 is 14.6 Å². The van der Waals surface area contributed by atoms with Crippen LogP contribution in [0.25, 0.3) is 0 Å². The number of methoxy groups -OCH3 is 1. The minimum absolute atomic E-state index is 0.0828. The van der Waals surface area contributed by atoms with Crippen molar-refractivity contribution in [2.45, 2.75) is 45.2 Å². The first-order valence-corrected chi connectivity index (χ1v) is 9.73. The summed E-state index contributed by atoms with van der Waals surface area (Å²) in [6, 6.07) is 13.2. The number of phenolic OH excluding ortho intramolecular Hbond substituents is 1. The molecular formula is C21H27O3P. The van der Waals surface area contributed by atoms with Crippen LogP contribution in [-0.4, -0.2) is 18.0 Å². The molecule has 2 atom stereocenters. The number of hydrogen-bond acceptors (Lipinski definition) is 3. The summed E-state index contributed by atoms with van der Waals surface area (Å²) in [6.45, 7) is 5.92. The van der Waals surface area contributed by atoms with Gasteiger partial charge in [0.05, 0.1) is 7.11 Å². The van der Waals surface area contributed by atoms with E-state index in [4.69, 9.17) is 4.74 Å². The Morgan fingerprint density at radius 2 is 1.92 bits per heavy atom. The van der Waals surface area contributed by atoms with E-state index in [1.165, 1.54) is 0 Å². The van der Waals surface area contributed by atoms with E-state index < -0.39 is 0 Å². The van der Waals surface area contributed by atoms with Gasteiger partial charge in [0.15, 0.2) is 5.78 Å². The third-order valence-corrected chi connectivity index (χ3v) is 6.74. The number of Topliss-reactive ketones (excluding diaryl/α,β-unsaturated/α-hetero) is 1. The zero-order valence-corrected chi connectivity index (χ0v) is 16.4. The second-order valence-electron chi connectivity index (χ2n) is 6.30. The molecule has 0 aliphatic carbocycles. The Morgan fingerprint density at radius 1 is 1.20 bits per heavy atom. The average molecular weight is 358 g/mol. The van der Waals surface area contributed by atoms with Crippen LogP contribution in [0.4, 0.5) is 0 Å². The van der Waals surface area contributed by atoms with Crippen molar-refractivity contribution in [3.05, 3.63) is 53.6 Å². The van der Waals surface area contributed by atoms with Gasteiger partial charge in [0.25, 0.3) is 0 Å². The Bertz CT molecular complexity index is 742. The van der Waals surface area contributed by atoms with Crippen LogP contribution in [0.1, 0.15) is 56.0 Å². The van der Waals surface area contributed by atoms with Crippen molar-refractivity contribution in [1.82, 2.24) is 0 Å². The zero-order valence-electron chi connectivity index (χ0n) is 15.4. The van der Waals surface area contributed by atoms with E-state index in [2.05, 4.69) is 13.8 Å². The van der Waals surface area contributed by atoms with Gasteiger partial charge in [-0.3, -0.25) is 4.79 Å². The van der Waals surface area contributed by atoms with Gasteiger partial charge in [0.1, 0.15) is 11.5 Å². The summed E-state index contributed by atoms with van der Waals surface area (Å²) in [5, 5.41) is 11.4. The Morgan fingerprint density at radius 3 is 2.52 bits per heavy atom. The number of aromatic hydroxyl groups is 1. The van der Waals surface area contributed by atoms with Crippen molar-refractivity contribution in [2.75, 3.05) is 7.11 Å². The third-order valence-electron chi connectivity index (χ3n) is 4.68. The molecule has 3 nitrogen and oxygen atoms in total. The van der Waals surface area contributed by atoms with Crippen molar-refractivity contribution >= 4 is 19.7 Å². The molecule has 134 valence electrons. The van der Waals surface area contributed by atoms with Crippen molar-refractivity contribution in [2.24, 2.45) is 0 Å². The van der Waals surface area contributed by atoms with Crippen LogP contribution < -0.4 is 10.0 Å². The monoisotopic (exact) mass is 358 g/mol. The molecule has 25 heavy (non-hydrogen) atoms. The maximum absolute atomic E-state index is 12.0. The Hall–Kier alpha value is -1.86. The number of hydrogen-bond donors (Lipinski definition) is 1. The first-order valence-electron chi connectivity index (χ1n) is 8.73. The number of phenols is 1. The van der Waals surface area contributed by atoms with Crippen LogP contribution in [0.15, 0.2) is 42.5 Å². The van der Waals surface area contributed by atoms with Gasteiger partial charge in [0.2, 0.25) is 0 Å². The highest BCUT2D eigenvalue weighted by Crippen LogP contribution is 2.51. The van der Waals surface area contributed by atoms with Gasteiger partial charge < -0.3 is 9.84 Å². The molecule has 0 amide bonds. The molecule has 2 aromatic rings. The fourth-order valence-electron chi connectivity index (χ4n) is 3.33. The molecule has 0 heterocycles. The Kier molecular flexibility index (Phi) is 6.61. The third kappa shape index (κ3) is 4.22. The number of carbonyl (C=O) groups excluding carboxylic acids is 1. The van der Waals surface area contributed by atoms with Crippen LogP contribution >= 0.6 is 8.58 Å². The molecule has 0 aromatic heterocycles. The lowest BCUT2D eigenvalue weighted by atomic mass is 9.90. The summed E-state index contributed by atoms with van der Waals surface area (Å²) in [7, 11) is 2.04. The number of ketones is 1. The predicted octanol–water partition coefficient (Wildman–Crippen LogP) is 5.01. The lowest BCUT2D eigenvalue weighted by Gasteiger charge is -2.35. The number of benzene rings is 2. The van der Waals surface area contributed by atoms with Gasteiger partial charge >= 0.3 is 0 Å².